The third kappa shape index (κ3) is 5.17. The second-order valence-corrected chi connectivity index (χ2v) is 4.52. The maximum atomic E-state index is 5.24. The van der Waals surface area contributed by atoms with Gasteiger partial charge in [-0.05, 0) is 17.5 Å². The van der Waals surface area contributed by atoms with E-state index in [2.05, 4.69) is 36.5 Å². The largest absolute Gasteiger partial charge is 0.383 e. The molecule has 3 heteroatoms. The summed E-state index contributed by atoms with van der Waals surface area (Å²) in [6.45, 7) is 4.50. The van der Waals surface area contributed by atoms with E-state index in [1.807, 2.05) is 0 Å². The minimum absolute atomic E-state index is 0.426. The van der Waals surface area contributed by atoms with Crippen LogP contribution in [0.4, 0.5) is 0 Å². The molecule has 0 bridgehead atoms. The van der Waals surface area contributed by atoms with E-state index in [9.17, 15) is 0 Å². The van der Waals surface area contributed by atoms with Crippen molar-refractivity contribution in [2.45, 2.75) is 39.0 Å². The number of rotatable bonds is 9. The number of nitrogens with one attached hydrogen (secondary N) is 1. The first-order valence-corrected chi connectivity index (χ1v) is 6.59. The summed E-state index contributed by atoms with van der Waals surface area (Å²) in [6.07, 6.45) is 2.31. The molecule has 0 aliphatic heterocycles. The summed E-state index contributed by atoms with van der Waals surface area (Å²) in [5.41, 5.74) is 2.55. The Balaban J connectivity index is 2.54. The van der Waals surface area contributed by atoms with Gasteiger partial charge in [-0.25, -0.2) is 0 Å². The van der Waals surface area contributed by atoms with Gasteiger partial charge in [0.05, 0.1) is 13.2 Å². The minimum Gasteiger partial charge on any atom is -0.383 e. The SMILES string of the molecule is CCCC(COC)NCc1ccccc1COC. The molecule has 102 valence electrons. The summed E-state index contributed by atoms with van der Waals surface area (Å²) in [5, 5.41) is 3.56. The van der Waals surface area contributed by atoms with Gasteiger partial charge < -0.3 is 14.8 Å². The van der Waals surface area contributed by atoms with E-state index in [-0.39, 0.29) is 0 Å². The van der Waals surface area contributed by atoms with Crippen LogP contribution in [0.3, 0.4) is 0 Å². The van der Waals surface area contributed by atoms with Crippen molar-refractivity contribution < 1.29 is 9.47 Å². The molecule has 1 unspecified atom stereocenters. The minimum atomic E-state index is 0.426. The quantitative estimate of drug-likeness (QED) is 0.732. The predicted molar refractivity (Wildman–Crippen MR) is 74.6 cm³/mol. The third-order valence-corrected chi connectivity index (χ3v) is 3.00. The van der Waals surface area contributed by atoms with Crippen LogP contribution in [0.2, 0.25) is 0 Å². The monoisotopic (exact) mass is 251 g/mol. The van der Waals surface area contributed by atoms with Crippen molar-refractivity contribution in [3.05, 3.63) is 35.4 Å². The highest BCUT2D eigenvalue weighted by Crippen LogP contribution is 2.10. The molecule has 1 aromatic carbocycles. The lowest BCUT2D eigenvalue weighted by molar-refractivity contribution is 0.160. The first-order chi connectivity index (χ1) is 8.81. The van der Waals surface area contributed by atoms with Crippen LogP contribution in [0.5, 0.6) is 0 Å². The summed E-state index contributed by atoms with van der Waals surface area (Å²) >= 11 is 0. The molecule has 1 rings (SSSR count). The van der Waals surface area contributed by atoms with Crippen LogP contribution in [-0.4, -0.2) is 26.9 Å². The Bertz CT molecular complexity index is 322. The fraction of sp³-hybridized carbons (Fsp3) is 0.600. The van der Waals surface area contributed by atoms with Crippen molar-refractivity contribution in [2.24, 2.45) is 0 Å². The van der Waals surface area contributed by atoms with Crippen LogP contribution in [0.25, 0.3) is 0 Å². The van der Waals surface area contributed by atoms with Crippen molar-refractivity contribution in [1.29, 1.82) is 0 Å². The Morgan fingerprint density at radius 1 is 1.11 bits per heavy atom. The maximum Gasteiger partial charge on any atom is 0.0716 e. The molecular formula is C15H25NO2. The maximum absolute atomic E-state index is 5.24. The number of methoxy groups -OCH3 is 2. The van der Waals surface area contributed by atoms with Gasteiger partial charge >= 0.3 is 0 Å². The Morgan fingerprint density at radius 2 is 1.83 bits per heavy atom. The average molecular weight is 251 g/mol. The number of hydrogen-bond acceptors (Lipinski definition) is 3. The molecule has 0 radical (unpaired) electrons. The molecule has 0 aliphatic rings. The van der Waals surface area contributed by atoms with Gasteiger partial charge in [0.15, 0.2) is 0 Å². The zero-order chi connectivity index (χ0) is 13.2. The lowest BCUT2D eigenvalue weighted by Gasteiger charge is -2.18. The summed E-state index contributed by atoms with van der Waals surface area (Å²) in [6, 6.07) is 8.82. The highest BCUT2D eigenvalue weighted by Gasteiger charge is 2.08. The molecule has 0 amide bonds. The molecule has 0 aromatic heterocycles. The first-order valence-electron chi connectivity index (χ1n) is 6.59. The van der Waals surface area contributed by atoms with Crippen molar-refractivity contribution in [3.8, 4) is 0 Å². The smallest absolute Gasteiger partial charge is 0.0716 e. The highest BCUT2D eigenvalue weighted by molar-refractivity contribution is 5.26. The van der Waals surface area contributed by atoms with Gasteiger partial charge in [0.25, 0.3) is 0 Å². The Morgan fingerprint density at radius 3 is 2.44 bits per heavy atom. The average Bonchev–Trinajstić information content (AvgIpc) is 2.38. The van der Waals surface area contributed by atoms with Crippen LogP contribution in [0, 0.1) is 0 Å². The Labute approximate surface area is 110 Å². The lowest BCUT2D eigenvalue weighted by atomic mass is 10.1. The fourth-order valence-corrected chi connectivity index (χ4v) is 2.07. The molecule has 0 saturated heterocycles. The number of benzene rings is 1. The van der Waals surface area contributed by atoms with Gasteiger partial charge in [-0.3, -0.25) is 0 Å². The number of hydrogen-bond donors (Lipinski definition) is 1. The Hall–Kier alpha value is -0.900. The second-order valence-electron chi connectivity index (χ2n) is 4.52. The molecule has 0 saturated carbocycles. The van der Waals surface area contributed by atoms with Gasteiger partial charge in [-0.2, -0.15) is 0 Å². The van der Waals surface area contributed by atoms with E-state index in [1.165, 1.54) is 17.5 Å². The van der Waals surface area contributed by atoms with Crippen molar-refractivity contribution in [3.63, 3.8) is 0 Å². The van der Waals surface area contributed by atoms with E-state index in [0.29, 0.717) is 12.6 Å². The van der Waals surface area contributed by atoms with E-state index in [4.69, 9.17) is 9.47 Å². The van der Waals surface area contributed by atoms with Crippen LogP contribution < -0.4 is 5.32 Å². The van der Waals surface area contributed by atoms with Crippen LogP contribution in [0.15, 0.2) is 24.3 Å². The summed E-state index contributed by atoms with van der Waals surface area (Å²) in [4.78, 5) is 0. The van der Waals surface area contributed by atoms with Crippen molar-refractivity contribution in [2.75, 3.05) is 20.8 Å². The summed E-state index contributed by atoms with van der Waals surface area (Å²) < 4.78 is 10.5. The Kier molecular flexibility index (Phi) is 7.65. The molecule has 0 aliphatic carbocycles. The molecule has 1 aromatic rings. The molecule has 18 heavy (non-hydrogen) atoms. The van der Waals surface area contributed by atoms with Gasteiger partial charge in [0, 0.05) is 26.8 Å². The molecule has 0 heterocycles. The lowest BCUT2D eigenvalue weighted by Crippen LogP contribution is -2.32. The van der Waals surface area contributed by atoms with Gasteiger partial charge in [0.2, 0.25) is 0 Å². The van der Waals surface area contributed by atoms with Crippen LogP contribution >= 0.6 is 0 Å². The summed E-state index contributed by atoms with van der Waals surface area (Å²) in [5.74, 6) is 0. The van der Waals surface area contributed by atoms with E-state index < -0.39 is 0 Å². The molecule has 1 N–H and O–H groups in total. The molecular weight excluding hydrogens is 226 g/mol. The molecule has 0 fully saturated rings. The second kappa shape index (κ2) is 9.09. The zero-order valence-electron chi connectivity index (χ0n) is 11.7. The van der Waals surface area contributed by atoms with E-state index >= 15 is 0 Å². The topological polar surface area (TPSA) is 30.5 Å². The van der Waals surface area contributed by atoms with E-state index in [0.717, 1.165) is 19.6 Å². The van der Waals surface area contributed by atoms with E-state index in [1.54, 1.807) is 14.2 Å². The molecule has 0 spiro atoms. The third-order valence-electron chi connectivity index (χ3n) is 3.00. The predicted octanol–water partition coefficient (Wildman–Crippen LogP) is 2.74. The van der Waals surface area contributed by atoms with Gasteiger partial charge in [-0.1, -0.05) is 37.6 Å². The van der Waals surface area contributed by atoms with Crippen molar-refractivity contribution >= 4 is 0 Å². The highest BCUT2D eigenvalue weighted by atomic mass is 16.5. The first kappa shape index (κ1) is 15.2. The summed E-state index contributed by atoms with van der Waals surface area (Å²) in [7, 11) is 3.48. The van der Waals surface area contributed by atoms with Crippen LogP contribution in [-0.2, 0) is 22.6 Å². The normalized spacial score (nSPS) is 12.6. The fourth-order valence-electron chi connectivity index (χ4n) is 2.07. The molecule has 3 nitrogen and oxygen atoms in total. The van der Waals surface area contributed by atoms with Crippen LogP contribution in [0.1, 0.15) is 30.9 Å². The van der Waals surface area contributed by atoms with Gasteiger partial charge in [0.1, 0.15) is 0 Å². The standard InChI is InChI=1S/C15H25NO2/c1-4-7-15(12-18-3)16-10-13-8-5-6-9-14(13)11-17-2/h5-6,8-9,15-16H,4,7,10-12H2,1-3H3. The zero-order valence-corrected chi connectivity index (χ0v) is 11.7. The number of ether oxygens (including phenoxy) is 2. The molecule has 1 atom stereocenters. The van der Waals surface area contributed by atoms with Gasteiger partial charge in [-0.15, -0.1) is 0 Å². The van der Waals surface area contributed by atoms with Crippen molar-refractivity contribution in [1.82, 2.24) is 5.32 Å².